The first-order valence-corrected chi connectivity index (χ1v) is 9.62. The number of nitriles is 1. The minimum absolute atomic E-state index is 0.0105. The van der Waals surface area contributed by atoms with Gasteiger partial charge in [-0.25, -0.2) is 0 Å². The summed E-state index contributed by atoms with van der Waals surface area (Å²) in [5.74, 6) is 0.116. The number of anilines is 1. The van der Waals surface area contributed by atoms with Gasteiger partial charge in [0.2, 0.25) is 11.8 Å². The molecule has 1 aromatic rings. The van der Waals surface area contributed by atoms with Crippen LogP contribution < -0.4 is 10.2 Å². The molecule has 3 rings (SSSR count). The van der Waals surface area contributed by atoms with Gasteiger partial charge in [0.25, 0.3) is 0 Å². The van der Waals surface area contributed by atoms with E-state index in [1.54, 1.807) is 4.90 Å². The van der Waals surface area contributed by atoms with Crippen LogP contribution >= 0.6 is 0 Å². The maximum Gasteiger partial charge on any atom is 0.241 e. The van der Waals surface area contributed by atoms with E-state index in [0.717, 1.165) is 44.7 Å². The van der Waals surface area contributed by atoms with E-state index in [1.807, 2.05) is 30.3 Å². The smallest absolute Gasteiger partial charge is 0.241 e. The van der Waals surface area contributed by atoms with E-state index in [1.165, 1.54) is 0 Å². The fourth-order valence-electron chi connectivity index (χ4n) is 3.25. The lowest BCUT2D eigenvalue weighted by Gasteiger charge is -2.35. The van der Waals surface area contributed by atoms with E-state index in [9.17, 15) is 9.59 Å². The Labute approximate surface area is 160 Å². The van der Waals surface area contributed by atoms with Crippen molar-refractivity contribution in [3.8, 4) is 6.07 Å². The number of nitrogens with one attached hydrogen (secondary N) is 1. The molecule has 1 aromatic carbocycles. The van der Waals surface area contributed by atoms with Gasteiger partial charge in [0.05, 0.1) is 25.6 Å². The highest BCUT2D eigenvalue weighted by Gasteiger charge is 2.26. The van der Waals surface area contributed by atoms with E-state index in [2.05, 4.69) is 21.2 Å². The molecule has 0 aromatic heterocycles. The molecule has 1 heterocycles. The first-order chi connectivity index (χ1) is 13.2. The van der Waals surface area contributed by atoms with E-state index in [4.69, 9.17) is 5.26 Å². The third-order valence-corrected chi connectivity index (χ3v) is 4.95. The molecule has 0 atom stereocenters. The van der Waals surface area contributed by atoms with Crippen LogP contribution in [0.1, 0.15) is 19.3 Å². The molecule has 2 amide bonds. The number of hydrogen-bond acceptors (Lipinski definition) is 5. The molecule has 1 saturated carbocycles. The maximum atomic E-state index is 12.8. The van der Waals surface area contributed by atoms with Crippen LogP contribution in [-0.2, 0) is 9.59 Å². The van der Waals surface area contributed by atoms with Crippen LogP contribution in [0.2, 0.25) is 0 Å². The van der Waals surface area contributed by atoms with Gasteiger partial charge in [0, 0.05) is 44.5 Å². The molecule has 1 saturated heterocycles. The van der Waals surface area contributed by atoms with Crippen LogP contribution in [0, 0.1) is 11.3 Å². The summed E-state index contributed by atoms with van der Waals surface area (Å²) in [4.78, 5) is 30.7. The lowest BCUT2D eigenvalue weighted by Crippen LogP contribution is -2.52. The highest BCUT2D eigenvalue weighted by atomic mass is 16.2. The Morgan fingerprint density at radius 1 is 1.07 bits per heavy atom. The Morgan fingerprint density at radius 3 is 2.30 bits per heavy atom. The number of amides is 2. The van der Waals surface area contributed by atoms with Crippen LogP contribution in [0.25, 0.3) is 0 Å². The summed E-state index contributed by atoms with van der Waals surface area (Å²) in [6, 6.07) is 12.0. The molecular weight excluding hydrogens is 342 g/mol. The molecule has 144 valence electrons. The Kier molecular flexibility index (Phi) is 6.80. The summed E-state index contributed by atoms with van der Waals surface area (Å²) >= 11 is 0. The van der Waals surface area contributed by atoms with Crippen molar-refractivity contribution in [1.82, 2.24) is 15.1 Å². The molecule has 0 spiro atoms. The summed E-state index contributed by atoms with van der Waals surface area (Å²) in [5.41, 5.74) is 0.827. The van der Waals surface area contributed by atoms with Crippen LogP contribution in [0.3, 0.4) is 0 Å². The van der Waals surface area contributed by atoms with Crippen LogP contribution in [-0.4, -0.2) is 73.5 Å². The molecule has 1 N–H and O–H groups in total. The number of carbonyl (C=O) groups is 2. The van der Waals surface area contributed by atoms with Crippen molar-refractivity contribution < 1.29 is 9.59 Å². The fraction of sp³-hybridized carbons (Fsp3) is 0.550. The molecule has 0 unspecified atom stereocenters. The summed E-state index contributed by atoms with van der Waals surface area (Å²) in [7, 11) is 0. The Morgan fingerprint density at radius 2 is 1.70 bits per heavy atom. The van der Waals surface area contributed by atoms with Crippen LogP contribution in [0.5, 0.6) is 0 Å². The zero-order valence-electron chi connectivity index (χ0n) is 15.6. The van der Waals surface area contributed by atoms with E-state index in [0.29, 0.717) is 32.1 Å². The lowest BCUT2D eigenvalue weighted by atomic mass is 10.2. The summed E-state index contributed by atoms with van der Waals surface area (Å²) in [6.45, 7) is 4.29. The second kappa shape index (κ2) is 9.49. The van der Waals surface area contributed by atoms with Crippen molar-refractivity contribution in [1.29, 1.82) is 5.26 Å². The second-order valence-electron chi connectivity index (χ2n) is 7.18. The van der Waals surface area contributed by atoms with Crippen LogP contribution in [0.15, 0.2) is 30.3 Å². The third kappa shape index (κ3) is 6.05. The average molecular weight is 369 g/mol. The van der Waals surface area contributed by atoms with Crippen molar-refractivity contribution in [3.63, 3.8) is 0 Å². The molecule has 7 heteroatoms. The van der Waals surface area contributed by atoms with Gasteiger partial charge in [-0.3, -0.25) is 19.4 Å². The second-order valence-corrected chi connectivity index (χ2v) is 7.18. The van der Waals surface area contributed by atoms with Gasteiger partial charge in [-0.05, 0) is 25.0 Å². The predicted octanol–water partition coefficient (Wildman–Crippen LogP) is 0.829. The molecule has 1 aliphatic heterocycles. The summed E-state index contributed by atoms with van der Waals surface area (Å²) in [5, 5.41) is 11.9. The predicted molar refractivity (Wildman–Crippen MR) is 103 cm³/mol. The van der Waals surface area contributed by atoms with E-state index in [-0.39, 0.29) is 11.8 Å². The van der Waals surface area contributed by atoms with Gasteiger partial charge >= 0.3 is 0 Å². The topological polar surface area (TPSA) is 79.7 Å². The normalized spacial score (nSPS) is 17.9. The molecule has 27 heavy (non-hydrogen) atoms. The van der Waals surface area contributed by atoms with E-state index < -0.39 is 0 Å². The van der Waals surface area contributed by atoms with E-state index >= 15 is 0 Å². The number of hydrogen-bond donors (Lipinski definition) is 1. The molecule has 0 bridgehead atoms. The quantitative estimate of drug-likeness (QED) is 0.734. The highest BCUT2D eigenvalue weighted by molar-refractivity contribution is 5.94. The Hall–Kier alpha value is -2.43. The monoisotopic (exact) mass is 369 g/mol. The zero-order valence-corrected chi connectivity index (χ0v) is 15.6. The Balaban J connectivity index is 1.47. The number of piperazine rings is 1. The number of para-hydroxylation sites is 1. The zero-order chi connectivity index (χ0) is 19.1. The number of carbonyl (C=O) groups excluding carboxylic acids is 2. The van der Waals surface area contributed by atoms with Gasteiger partial charge in [-0.2, -0.15) is 5.26 Å². The molecule has 1 aliphatic carbocycles. The SMILES string of the molecule is N#CCCN(C(=O)CN1CCN(CC(=O)NC2CC2)CC1)c1ccccc1. The van der Waals surface area contributed by atoms with Gasteiger partial charge in [-0.1, -0.05) is 18.2 Å². The first-order valence-electron chi connectivity index (χ1n) is 9.62. The Bertz CT molecular complexity index is 675. The number of rotatable bonds is 8. The van der Waals surface area contributed by atoms with Gasteiger partial charge in [0.15, 0.2) is 0 Å². The largest absolute Gasteiger partial charge is 0.352 e. The van der Waals surface area contributed by atoms with Crippen molar-refractivity contribution in [2.75, 3.05) is 50.7 Å². The number of benzene rings is 1. The minimum Gasteiger partial charge on any atom is -0.352 e. The molecule has 2 aliphatic rings. The van der Waals surface area contributed by atoms with Gasteiger partial charge < -0.3 is 10.2 Å². The third-order valence-electron chi connectivity index (χ3n) is 4.95. The average Bonchev–Trinajstić information content (AvgIpc) is 3.48. The summed E-state index contributed by atoms with van der Waals surface area (Å²) in [6.07, 6.45) is 2.52. The highest BCUT2D eigenvalue weighted by Crippen LogP contribution is 2.18. The minimum atomic E-state index is 0.0105. The van der Waals surface area contributed by atoms with Gasteiger partial charge in [0.1, 0.15) is 0 Å². The summed E-state index contributed by atoms with van der Waals surface area (Å²) < 4.78 is 0. The standard InChI is InChI=1S/C20H27N5O2/c21-9-4-10-25(18-5-2-1-3-6-18)20(27)16-24-13-11-23(12-14-24)15-19(26)22-17-7-8-17/h1-3,5-6,17H,4,7-8,10-16H2,(H,22,26). The van der Waals surface area contributed by atoms with Crippen LogP contribution in [0.4, 0.5) is 5.69 Å². The van der Waals surface area contributed by atoms with Crippen molar-refractivity contribution in [3.05, 3.63) is 30.3 Å². The number of nitrogens with zero attached hydrogens (tertiary/aromatic N) is 4. The van der Waals surface area contributed by atoms with Crippen molar-refractivity contribution in [2.45, 2.75) is 25.3 Å². The molecule has 7 nitrogen and oxygen atoms in total. The molecule has 0 radical (unpaired) electrons. The van der Waals surface area contributed by atoms with Gasteiger partial charge in [-0.15, -0.1) is 0 Å². The lowest BCUT2D eigenvalue weighted by molar-refractivity contribution is -0.124. The fourth-order valence-corrected chi connectivity index (χ4v) is 3.25. The first kappa shape index (κ1) is 19.3. The van der Waals surface area contributed by atoms with Crippen molar-refractivity contribution in [2.24, 2.45) is 0 Å². The molecular formula is C20H27N5O2. The maximum absolute atomic E-state index is 12.8. The molecule has 2 fully saturated rings. The van der Waals surface area contributed by atoms with Crippen molar-refractivity contribution >= 4 is 17.5 Å².